The summed E-state index contributed by atoms with van der Waals surface area (Å²) in [6, 6.07) is 6.99. The SMILES string of the molecule is CC1CCCN(C(=O)c2ccc(N3CCCS3(=O)=O)cc2)CC1. The molecule has 0 aromatic heterocycles. The molecule has 0 N–H and O–H groups in total. The van der Waals surface area contributed by atoms with Crippen molar-refractivity contribution in [3.8, 4) is 0 Å². The smallest absolute Gasteiger partial charge is 0.253 e. The second-order valence-electron chi connectivity index (χ2n) is 6.62. The number of likely N-dealkylation sites (tertiary alicyclic amines) is 1. The van der Waals surface area contributed by atoms with Crippen LogP contribution in [-0.4, -0.2) is 44.6 Å². The van der Waals surface area contributed by atoms with Crippen molar-refractivity contribution in [2.75, 3.05) is 29.7 Å². The van der Waals surface area contributed by atoms with Crippen LogP contribution in [0.3, 0.4) is 0 Å². The van der Waals surface area contributed by atoms with E-state index >= 15 is 0 Å². The van der Waals surface area contributed by atoms with Crippen LogP contribution in [0.5, 0.6) is 0 Å². The molecule has 5 nitrogen and oxygen atoms in total. The van der Waals surface area contributed by atoms with E-state index in [0.717, 1.165) is 25.9 Å². The van der Waals surface area contributed by atoms with Gasteiger partial charge in [0.2, 0.25) is 10.0 Å². The predicted molar refractivity (Wildman–Crippen MR) is 91.1 cm³/mol. The molecular formula is C17H24N2O3S. The number of carbonyl (C=O) groups excluding carboxylic acids is 1. The van der Waals surface area contributed by atoms with Crippen molar-refractivity contribution in [2.45, 2.75) is 32.6 Å². The normalized spacial score (nSPS) is 24.5. The summed E-state index contributed by atoms with van der Waals surface area (Å²) in [6.45, 7) is 4.38. The molecule has 0 bridgehead atoms. The van der Waals surface area contributed by atoms with Gasteiger partial charge < -0.3 is 4.90 Å². The summed E-state index contributed by atoms with van der Waals surface area (Å²) < 4.78 is 25.3. The van der Waals surface area contributed by atoms with Crippen LogP contribution in [0.2, 0.25) is 0 Å². The predicted octanol–water partition coefficient (Wildman–Crippen LogP) is 2.49. The molecule has 3 rings (SSSR count). The van der Waals surface area contributed by atoms with Crippen molar-refractivity contribution >= 4 is 21.6 Å². The highest BCUT2D eigenvalue weighted by Crippen LogP contribution is 2.25. The summed E-state index contributed by atoms with van der Waals surface area (Å²) in [6.07, 6.45) is 3.94. The first-order chi connectivity index (χ1) is 11.0. The first kappa shape index (κ1) is 16.3. The average Bonchev–Trinajstić information content (AvgIpc) is 2.75. The average molecular weight is 336 g/mol. The van der Waals surface area contributed by atoms with E-state index in [1.807, 2.05) is 4.90 Å². The van der Waals surface area contributed by atoms with Gasteiger partial charge in [-0.15, -0.1) is 0 Å². The van der Waals surface area contributed by atoms with E-state index in [4.69, 9.17) is 0 Å². The summed E-state index contributed by atoms with van der Waals surface area (Å²) in [5, 5.41) is 0. The quantitative estimate of drug-likeness (QED) is 0.834. The van der Waals surface area contributed by atoms with E-state index in [-0.39, 0.29) is 11.7 Å². The van der Waals surface area contributed by atoms with E-state index in [2.05, 4.69) is 6.92 Å². The van der Waals surface area contributed by atoms with Gasteiger partial charge in [0.25, 0.3) is 5.91 Å². The second kappa shape index (κ2) is 6.51. The third-order valence-electron chi connectivity index (χ3n) is 4.81. The lowest BCUT2D eigenvalue weighted by molar-refractivity contribution is 0.0760. The second-order valence-corrected chi connectivity index (χ2v) is 8.63. The summed E-state index contributed by atoms with van der Waals surface area (Å²) >= 11 is 0. The maximum absolute atomic E-state index is 12.6. The topological polar surface area (TPSA) is 57.7 Å². The molecule has 2 aliphatic heterocycles. The van der Waals surface area contributed by atoms with Crippen LogP contribution < -0.4 is 4.31 Å². The Bertz CT molecular complexity index is 670. The summed E-state index contributed by atoms with van der Waals surface area (Å²) in [7, 11) is -3.17. The Balaban J connectivity index is 1.73. The van der Waals surface area contributed by atoms with Gasteiger partial charge in [0.15, 0.2) is 0 Å². The molecule has 1 atom stereocenters. The zero-order valence-corrected chi connectivity index (χ0v) is 14.4. The number of hydrogen-bond acceptors (Lipinski definition) is 3. The van der Waals surface area contributed by atoms with Crippen molar-refractivity contribution in [1.29, 1.82) is 0 Å². The Labute approximate surface area is 138 Å². The van der Waals surface area contributed by atoms with Gasteiger partial charge >= 0.3 is 0 Å². The number of nitrogens with zero attached hydrogens (tertiary/aromatic N) is 2. The molecule has 1 aromatic rings. The van der Waals surface area contributed by atoms with Gasteiger partial charge in [-0.3, -0.25) is 9.10 Å². The van der Waals surface area contributed by atoms with E-state index < -0.39 is 10.0 Å². The number of hydrogen-bond donors (Lipinski definition) is 0. The third-order valence-corrected chi connectivity index (χ3v) is 6.68. The standard InChI is InChI=1S/C17H24N2O3S/c1-14-4-2-10-18(12-9-14)17(20)15-5-7-16(8-6-15)19-11-3-13-23(19,21)22/h5-8,14H,2-4,9-13H2,1H3. The first-order valence-electron chi connectivity index (χ1n) is 8.37. The minimum absolute atomic E-state index is 0.0509. The molecule has 1 amide bonds. The molecule has 2 aliphatic rings. The monoisotopic (exact) mass is 336 g/mol. The number of anilines is 1. The maximum atomic E-state index is 12.6. The van der Waals surface area contributed by atoms with E-state index in [0.29, 0.717) is 30.1 Å². The number of rotatable bonds is 2. The summed E-state index contributed by atoms with van der Waals surface area (Å²) in [5.74, 6) is 0.935. The van der Waals surface area contributed by atoms with Gasteiger partial charge in [-0.2, -0.15) is 0 Å². The molecule has 2 saturated heterocycles. The Hall–Kier alpha value is -1.56. The zero-order chi connectivity index (χ0) is 16.4. The maximum Gasteiger partial charge on any atom is 0.253 e. The van der Waals surface area contributed by atoms with Gasteiger partial charge in [0, 0.05) is 25.2 Å². The lowest BCUT2D eigenvalue weighted by atomic mass is 10.0. The van der Waals surface area contributed by atoms with Crippen molar-refractivity contribution < 1.29 is 13.2 Å². The summed E-state index contributed by atoms with van der Waals surface area (Å²) in [5.41, 5.74) is 1.29. The lowest BCUT2D eigenvalue weighted by Crippen LogP contribution is -2.32. The Kier molecular flexibility index (Phi) is 4.62. The number of benzene rings is 1. The van der Waals surface area contributed by atoms with Crippen LogP contribution in [0.4, 0.5) is 5.69 Å². The van der Waals surface area contributed by atoms with Crippen LogP contribution in [0, 0.1) is 5.92 Å². The fourth-order valence-corrected chi connectivity index (χ4v) is 4.91. The molecule has 23 heavy (non-hydrogen) atoms. The Morgan fingerprint density at radius 3 is 2.43 bits per heavy atom. The minimum Gasteiger partial charge on any atom is -0.339 e. The van der Waals surface area contributed by atoms with Gasteiger partial charge in [-0.25, -0.2) is 8.42 Å². The molecule has 126 valence electrons. The van der Waals surface area contributed by atoms with E-state index in [9.17, 15) is 13.2 Å². The van der Waals surface area contributed by atoms with Gasteiger partial charge in [-0.1, -0.05) is 6.92 Å². The van der Waals surface area contributed by atoms with Crippen LogP contribution in [0.15, 0.2) is 24.3 Å². The van der Waals surface area contributed by atoms with Crippen LogP contribution in [0.1, 0.15) is 43.0 Å². The van der Waals surface area contributed by atoms with E-state index in [1.165, 1.54) is 10.7 Å². The van der Waals surface area contributed by atoms with Gasteiger partial charge in [-0.05, 0) is 55.9 Å². The fraction of sp³-hybridized carbons (Fsp3) is 0.588. The molecule has 0 aliphatic carbocycles. The molecule has 1 unspecified atom stereocenters. The van der Waals surface area contributed by atoms with Gasteiger partial charge in [0.05, 0.1) is 11.4 Å². The number of carbonyl (C=O) groups is 1. The zero-order valence-electron chi connectivity index (χ0n) is 13.6. The van der Waals surface area contributed by atoms with Crippen molar-refractivity contribution in [1.82, 2.24) is 4.90 Å². The number of sulfonamides is 1. The van der Waals surface area contributed by atoms with Crippen LogP contribution in [0.25, 0.3) is 0 Å². The molecular weight excluding hydrogens is 312 g/mol. The van der Waals surface area contributed by atoms with Crippen molar-refractivity contribution in [2.24, 2.45) is 5.92 Å². The highest BCUT2D eigenvalue weighted by atomic mass is 32.2. The highest BCUT2D eigenvalue weighted by Gasteiger charge is 2.28. The van der Waals surface area contributed by atoms with E-state index in [1.54, 1.807) is 24.3 Å². The molecule has 0 radical (unpaired) electrons. The Morgan fingerprint density at radius 1 is 1.04 bits per heavy atom. The summed E-state index contributed by atoms with van der Waals surface area (Å²) in [4.78, 5) is 14.5. The van der Waals surface area contributed by atoms with Gasteiger partial charge in [0.1, 0.15) is 0 Å². The fourth-order valence-electron chi connectivity index (χ4n) is 3.35. The van der Waals surface area contributed by atoms with Crippen molar-refractivity contribution in [3.05, 3.63) is 29.8 Å². The molecule has 0 spiro atoms. The first-order valence-corrected chi connectivity index (χ1v) is 9.98. The van der Waals surface area contributed by atoms with Crippen LogP contribution in [-0.2, 0) is 10.0 Å². The molecule has 0 saturated carbocycles. The molecule has 2 heterocycles. The third kappa shape index (κ3) is 3.52. The lowest BCUT2D eigenvalue weighted by Gasteiger charge is -2.21. The van der Waals surface area contributed by atoms with Crippen molar-refractivity contribution in [3.63, 3.8) is 0 Å². The minimum atomic E-state index is -3.17. The molecule has 1 aromatic carbocycles. The molecule has 2 fully saturated rings. The largest absolute Gasteiger partial charge is 0.339 e. The number of amides is 1. The highest BCUT2D eigenvalue weighted by molar-refractivity contribution is 7.93. The Morgan fingerprint density at radius 2 is 1.78 bits per heavy atom. The van der Waals surface area contributed by atoms with Crippen LogP contribution >= 0.6 is 0 Å². The molecule has 6 heteroatoms.